The second-order valence-electron chi connectivity index (χ2n) is 5.28. The molecule has 0 bridgehead atoms. The van der Waals surface area contributed by atoms with Crippen LogP contribution in [0.5, 0.6) is 0 Å². The molecule has 3 heteroatoms. The monoisotopic (exact) mass is 260 g/mol. The van der Waals surface area contributed by atoms with E-state index in [2.05, 4.69) is 34.9 Å². The number of unbranched alkanes of at least 4 members (excludes halogenated alkanes) is 1. The predicted molar refractivity (Wildman–Crippen MR) is 78.0 cm³/mol. The van der Waals surface area contributed by atoms with E-state index in [0.29, 0.717) is 0 Å². The minimum atomic E-state index is 0.183. The Morgan fingerprint density at radius 3 is 2.84 bits per heavy atom. The van der Waals surface area contributed by atoms with Crippen LogP contribution in [0, 0.1) is 5.92 Å². The van der Waals surface area contributed by atoms with Crippen molar-refractivity contribution in [2.75, 3.05) is 19.6 Å². The standard InChI is InChI=1S/C16H24N2O/c19-16(15-10-6-11-17-13-15)18-12-5-4-9-14-7-2-1-3-8-14/h1-3,7-8,15,17H,4-6,9-13H2,(H,18,19). The summed E-state index contributed by atoms with van der Waals surface area (Å²) in [6.45, 7) is 2.71. The number of piperidine rings is 1. The largest absolute Gasteiger partial charge is 0.356 e. The second-order valence-corrected chi connectivity index (χ2v) is 5.28. The highest BCUT2D eigenvalue weighted by atomic mass is 16.1. The summed E-state index contributed by atoms with van der Waals surface area (Å²) < 4.78 is 0. The minimum Gasteiger partial charge on any atom is -0.356 e. The molecule has 1 unspecified atom stereocenters. The first kappa shape index (κ1) is 14.1. The third-order valence-electron chi connectivity index (χ3n) is 3.70. The van der Waals surface area contributed by atoms with E-state index in [1.54, 1.807) is 0 Å². The maximum absolute atomic E-state index is 11.9. The Bertz CT molecular complexity index is 372. The number of amides is 1. The van der Waals surface area contributed by atoms with Gasteiger partial charge in [-0.15, -0.1) is 0 Å². The summed E-state index contributed by atoms with van der Waals surface area (Å²) >= 11 is 0. The Kier molecular flexibility index (Phi) is 5.89. The van der Waals surface area contributed by atoms with Gasteiger partial charge >= 0.3 is 0 Å². The van der Waals surface area contributed by atoms with Gasteiger partial charge in [0, 0.05) is 13.1 Å². The number of nitrogens with one attached hydrogen (secondary N) is 2. The van der Waals surface area contributed by atoms with Crippen molar-refractivity contribution in [3.8, 4) is 0 Å². The molecule has 2 rings (SSSR count). The highest BCUT2D eigenvalue weighted by Crippen LogP contribution is 2.09. The highest BCUT2D eigenvalue weighted by Gasteiger charge is 2.19. The van der Waals surface area contributed by atoms with Crippen LogP contribution in [-0.2, 0) is 11.2 Å². The van der Waals surface area contributed by atoms with Gasteiger partial charge in [0.05, 0.1) is 5.92 Å². The second kappa shape index (κ2) is 7.95. The average molecular weight is 260 g/mol. The summed E-state index contributed by atoms with van der Waals surface area (Å²) in [5.41, 5.74) is 1.38. The zero-order chi connectivity index (χ0) is 13.3. The van der Waals surface area contributed by atoms with E-state index in [4.69, 9.17) is 0 Å². The SMILES string of the molecule is O=C(NCCCCc1ccccc1)C1CCCNC1. The number of hydrogen-bond donors (Lipinski definition) is 2. The lowest BCUT2D eigenvalue weighted by atomic mass is 9.99. The fraction of sp³-hybridized carbons (Fsp3) is 0.562. The van der Waals surface area contributed by atoms with Gasteiger partial charge in [0.2, 0.25) is 5.91 Å². The molecule has 19 heavy (non-hydrogen) atoms. The average Bonchev–Trinajstić information content (AvgIpc) is 2.49. The molecule has 0 aliphatic carbocycles. The van der Waals surface area contributed by atoms with Crippen molar-refractivity contribution in [1.82, 2.24) is 10.6 Å². The molecule has 1 fully saturated rings. The molecule has 0 aromatic heterocycles. The summed E-state index contributed by atoms with van der Waals surface area (Å²) in [5, 5.41) is 6.34. The number of hydrogen-bond acceptors (Lipinski definition) is 2. The molecule has 1 aliphatic rings. The lowest BCUT2D eigenvalue weighted by Crippen LogP contribution is -2.40. The van der Waals surface area contributed by atoms with Gasteiger partial charge in [0.1, 0.15) is 0 Å². The molecule has 1 aromatic rings. The molecule has 0 radical (unpaired) electrons. The molecule has 1 saturated heterocycles. The molecule has 1 aliphatic heterocycles. The van der Waals surface area contributed by atoms with Crippen LogP contribution >= 0.6 is 0 Å². The number of aryl methyl sites for hydroxylation is 1. The first-order valence-electron chi connectivity index (χ1n) is 7.38. The van der Waals surface area contributed by atoms with E-state index in [1.807, 2.05) is 6.07 Å². The summed E-state index contributed by atoms with van der Waals surface area (Å²) in [6, 6.07) is 10.5. The Labute approximate surface area is 115 Å². The van der Waals surface area contributed by atoms with E-state index >= 15 is 0 Å². The number of benzene rings is 1. The third kappa shape index (κ3) is 5.03. The molecule has 1 aromatic carbocycles. The fourth-order valence-electron chi connectivity index (χ4n) is 2.53. The quantitative estimate of drug-likeness (QED) is 0.769. The third-order valence-corrected chi connectivity index (χ3v) is 3.70. The maximum Gasteiger partial charge on any atom is 0.224 e. The van der Waals surface area contributed by atoms with Crippen LogP contribution in [0.1, 0.15) is 31.2 Å². The zero-order valence-electron chi connectivity index (χ0n) is 11.5. The zero-order valence-corrected chi connectivity index (χ0v) is 11.5. The lowest BCUT2D eigenvalue weighted by Gasteiger charge is -2.21. The Morgan fingerprint density at radius 2 is 2.11 bits per heavy atom. The molecule has 0 saturated carbocycles. The van der Waals surface area contributed by atoms with Crippen molar-refractivity contribution < 1.29 is 4.79 Å². The van der Waals surface area contributed by atoms with Gasteiger partial charge in [-0.2, -0.15) is 0 Å². The number of carbonyl (C=O) groups excluding carboxylic acids is 1. The van der Waals surface area contributed by atoms with E-state index in [1.165, 1.54) is 5.56 Å². The van der Waals surface area contributed by atoms with Crippen LogP contribution < -0.4 is 10.6 Å². The fourth-order valence-corrected chi connectivity index (χ4v) is 2.53. The molecule has 1 amide bonds. The minimum absolute atomic E-state index is 0.183. The van der Waals surface area contributed by atoms with Crippen LogP contribution in [-0.4, -0.2) is 25.5 Å². The predicted octanol–water partition coefficient (Wildman–Crippen LogP) is 2.13. The molecular weight excluding hydrogens is 236 g/mol. The van der Waals surface area contributed by atoms with Crippen LogP contribution in [0.25, 0.3) is 0 Å². The maximum atomic E-state index is 11.9. The molecule has 1 heterocycles. The van der Waals surface area contributed by atoms with Crippen molar-refractivity contribution in [3.63, 3.8) is 0 Å². The van der Waals surface area contributed by atoms with Gasteiger partial charge in [-0.1, -0.05) is 30.3 Å². The van der Waals surface area contributed by atoms with E-state index in [-0.39, 0.29) is 11.8 Å². The normalized spacial score (nSPS) is 19.1. The van der Waals surface area contributed by atoms with Gasteiger partial charge in [-0.05, 0) is 44.2 Å². The number of carbonyl (C=O) groups is 1. The van der Waals surface area contributed by atoms with Gasteiger partial charge < -0.3 is 10.6 Å². The van der Waals surface area contributed by atoms with Gasteiger partial charge in [-0.3, -0.25) is 4.79 Å². The number of rotatable bonds is 6. The molecule has 1 atom stereocenters. The summed E-state index contributed by atoms with van der Waals surface area (Å²) in [6.07, 6.45) is 5.44. The van der Waals surface area contributed by atoms with Crippen molar-refractivity contribution in [3.05, 3.63) is 35.9 Å². The van der Waals surface area contributed by atoms with Crippen LogP contribution in [0.2, 0.25) is 0 Å². The van der Waals surface area contributed by atoms with Crippen molar-refractivity contribution >= 4 is 5.91 Å². The molecule has 3 nitrogen and oxygen atoms in total. The Hall–Kier alpha value is -1.35. The summed E-state index contributed by atoms with van der Waals surface area (Å²) in [7, 11) is 0. The molecule has 2 N–H and O–H groups in total. The Balaban J connectivity index is 1.55. The first-order valence-corrected chi connectivity index (χ1v) is 7.38. The smallest absolute Gasteiger partial charge is 0.224 e. The van der Waals surface area contributed by atoms with E-state index in [9.17, 15) is 4.79 Å². The van der Waals surface area contributed by atoms with Crippen LogP contribution in [0.15, 0.2) is 30.3 Å². The van der Waals surface area contributed by atoms with Gasteiger partial charge in [-0.25, -0.2) is 0 Å². The molecule has 0 spiro atoms. The van der Waals surface area contributed by atoms with E-state index in [0.717, 1.165) is 51.7 Å². The van der Waals surface area contributed by atoms with E-state index < -0.39 is 0 Å². The van der Waals surface area contributed by atoms with Gasteiger partial charge in [0.15, 0.2) is 0 Å². The topological polar surface area (TPSA) is 41.1 Å². The van der Waals surface area contributed by atoms with Gasteiger partial charge in [0.25, 0.3) is 0 Å². The summed E-state index contributed by atoms with van der Waals surface area (Å²) in [5.74, 6) is 0.412. The summed E-state index contributed by atoms with van der Waals surface area (Å²) in [4.78, 5) is 11.9. The first-order chi connectivity index (χ1) is 9.36. The lowest BCUT2D eigenvalue weighted by molar-refractivity contribution is -0.125. The Morgan fingerprint density at radius 1 is 1.26 bits per heavy atom. The van der Waals surface area contributed by atoms with Crippen molar-refractivity contribution in [2.24, 2.45) is 5.92 Å². The van der Waals surface area contributed by atoms with Crippen molar-refractivity contribution in [1.29, 1.82) is 0 Å². The highest BCUT2D eigenvalue weighted by molar-refractivity contribution is 5.78. The van der Waals surface area contributed by atoms with Crippen LogP contribution in [0.4, 0.5) is 0 Å². The molecule has 104 valence electrons. The van der Waals surface area contributed by atoms with Crippen LogP contribution in [0.3, 0.4) is 0 Å². The molecular formula is C16H24N2O. The van der Waals surface area contributed by atoms with Crippen molar-refractivity contribution in [2.45, 2.75) is 32.1 Å².